The molecule has 0 aliphatic carbocycles. The van der Waals surface area contributed by atoms with E-state index in [1.807, 2.05) is 55.5 Å². The number of nitrogens with one attached hydrogen (secondary N) is 1. The molecular formula is C24H25N5O2. The highest BCUT2D eigenvalue weighted by Gasteiger charge is 2.15. The molecule has 1 amide bonds. The summed E-state index contributed by atoms with van der Waals surface area (Å²) in [5.41, 5.74) is 3.02. The van der Waals surface area contributed by atoms with Crippen LogP contribution in [0.25, 0.3) is 16.9 Å². The zero-order valence-corrected chi connectivity index (χ0v) is 17.7. The van der Waals surface area contributed by atoms with Gasteiger partial charge in [0.05, 0.1) is 5.69 Å². The lowest BCUT2D eigenvalue weighted by molar-refractivity contribution is -0.122. The molecule has 0 spiro atoms. The van der Waals surface area contributed by atoms with Crippen molar-refractivity contribution in [1.82, 2.24) is 24.5 Å². The molecule has 4 rings (SSSR count). The Bertz CT molecular complexity index is 1250. The van der Waals surface area contributed by atoms with Crippen LogP contribution in [0, 0.1) is 6.92 Å². The van der Waals surface area contributed by atoms with Gasteiger partial charge < -0.3 is 5.32 Å². The fraction of sp³-hybridized carbons (Fsp3) is 0.250. The number of aromatic nitrogens is 4. The van der Waals surface area contributed by atoms with Crippen molar-refractivity contribution in [2.24, 2.45) is 0 Å². The number of hydrogen-bond donors (Lipinski definition) is 1. The van der Waals surface area contributed by atoms with Gasteiger partial charge in [-0.3, -0.25) is 4.79 Å². The molecule has 158 valence electrons. The minimum atomic E-state index is -0.369. The van der Waals surface area contributed by atoms with E-state index in [4.69, 9.17) is 0 Å². The summed E-state index contributed by atoms with van der Waals surface area (Å²) < 4.78 is 2.62. The zero-order chi connectivity index (χ0) is 21.8. The second-order valence-corrected chi connectivity index (χ2v) is 7.68. The van der Waals surface area contributed by atoms with Gasteiger partial charge in [-0.2, -0.15) is 0 Å². The number of carbonyl (C=O) groups excluding carboxylic acids is 1. The van der Waals surface area contributed by atoms with E-state index in [-0.39, 0.29) is 24.2 Å². The van der Waals surface area contributed by atoms with Crippen LogP contribution in [-0.4, -0.2) is 31.1 Å². The van der Waals surface area contributed by atoms with E-state index >= 15 is 0 Å². The van der Waals surface area contributed by atoms with Gasteiger partial charge in [0, 0.05) is 17.7 Å². The van der Waals surface area contributed by atoms with Crippen LogP contribution in [-0.2, 0) is 17.8 Å². The number of rotatable bonds is 7. The van der Waals surface area contributed by atoms with Gasteiger partial charge in [0.2, 0.25) is 5.91 Å². The maximum absolute atomic E-state index is 12.8. The lowest BCUT2D eigenvalue weighted by Crippen LogP contribution is -2.38. The molecule has 0 aliphatic rings. The molecule has 0 aliphatic heterocycles. The average molecular weight is 415 g/mol. The first kappa shape index (κ1) is 20.5. The van der Waals surface area contributed by atoms with Gasteiger partial charge in [0.25, 0.3) is 0 Å². The summed E-state index contributed by atoms with van der Waals surface area (Å²) in [4.78, 5) is 29.8. The number of benzene rings is 2. The van der Waals surface area contributed by atoms with E-state index in [1.54, 1.807) is 13.0 Å². The van der Waals surface area contributed by atoms with E-state index in [9.17, 15) is 9.59 Å². The SMILES string of the molecule is Cc1nc(-c2ccccc2)cc2nn(CC(=O)N[C@@H](C)CCc3ccccc3)c(=O)n12. The van der Waals surface area contributed by atoms with Crippen LogP contribution in [0.3, 0.4) is 0 Å². The molecule has 7 nitrogen and oxygen atoms in total. The normalized spacial score (nSPS) is 12.1. The monoisotopic (exact) mass is 415 g/mol. The van der Waals surface area contributed by atoms with Crippen LogP contribution < -0.4 is 11.0 Å². The van der Waals surface area contributed by atoms with Crippen LogP contribution in [0.4, 0.5) is 0 Å². The highest BCUT2D eigenvalue weighted by atomic mass is 16.2. The number of nitrogens with zero attached hydrogens (tertiary/aromatic N) is 4. The number of hydrogen-bond acceptors (Lipinski definition) is 4. The Hall–Kier alpha value is -3.74. The Labute approximate surface area is 180 Å². The topological polar surface area (TPSA) is 81.3 Å². The standard InChI is InChI=1S/C24H25N5O2/c1-17(13-14-19-9-5-3-6-10-19)25-23(30)16-28-24(31)29-18(2)26-21(15-22(29)27-28)20-11-7-4-8-12-20/h3-12,15,17H,13-14,16H2,1-2H3,(H,25,30)/t17-/m0/s1. The second-order valence-electron chi connectivity index (χ2n) is 7.68. The molecule has 0 unspecified atom stereocenters. The average Bonchev–Trinajstić information content (AvgIpc) is 3.09. The van der Waals surface area contributed by atoms with Gasteiger partial charge in [0.1, 0.15) is 12.4 Å². The molecule has 0 radical (unpaired) electrons. The van der Waals surface area contributed by atoms with Gasteiger partial charge in [0.15, 0.2) is 5.65 Å². The van der Waals surface area contributed by atoms with Gasteiger partial charge in [-0.25, -0.2) is 18.9 Å². The molecule has 0 saturated carbocycles. The number of carbonyl (C=O) groups is 1. The van der Waals surface area contributed by atoms with Crippen molar-refractivity contribution in [1.29, 1.82) is 0 Å². The Morgan fingerprint density at radius 3 is 2.45 bits per heavy atom. The lowest BCUT2D eigenvalue weighted by Gasteiger charge is -2.13. The predicted octanol–water partition coefficient (Wildman–Crippen LogP) is 3.00. The van der Waals surface area contributed by atoms with Crippen LogP contribution in [0.5, 0.6) is 0 Å². The molecule has 31 heavy (non-hydrogen) atoms. The third kappa shape index (κ3) is 4.71. The van der Waals surface area contributed by atoms with Crippen molar-refractivity contribution in [3.05, 3.63) is 88.6 Å². The summed E-state index contributed by atoms with van der Waals surface area (Å²) >= 11 is 0. The Morgan fingerprint density at radius 2 is 1.74 bits per heavy atom. The summed E-state index contributed by atoms with van der Waals surface area (Å²) in [5.74, 6) is 0.296. The van der Waals surface area contributed by atoms with E-state index in [2.05, 4.69) is 27.5 Å². The highest BCUT2D eigenvalue weighted by molar-refractivity contribution is 5.76. The summed E-state index contributed by atoms with van der Waals surface area (Å²) in [6.45, 7) is 3.60. The van der Waals surface area contributed by atoms with Crippen molar-refractivity contribution < 1.29 is 4.79 Å². The minimum Gasteiger partial charge on any atom is -0.352 e. The summed E-state index contributed by atoms with van der Waals surface area (Å²) in [6, 6.07) is 21.6. The predicted molar refractivity (Wildman–Crippen MR) is 120 cm³/mol. The molecule has 1 N–H and O–H groups in total. The summed E-state index contributed by atoms with van der Waals surface area (Å²) in [7, 11) is 0. The fourth-order valence-corrected chi connectivity index (χ4v) is 3.62. The smallest absolute Gasteiger partial charge is 0.352 e. The first-order valence-corrected chi connectivity index (χ1v) is 10.4. The molecule has 4 aromatic rings. The third-order valence-electron chi connectivity index (χ3n) is 5.22. The zero-order valence-electron chi connectivity index (χ0n) is 17.7. The van der Waals surface area contributed by atoms with E-state index in [0.717, 1.165) is 24.1 Å². The van der Waals surface area contributed by atoms with E-state index in [1.165, 1.54) is 14.6 Å². The number of fused-ring (bicyclic) bond motifs is 1. The van der Waals surface area contributed by atoms with Crippen molar-refractivity contribution in [3.8, 4) is 11.3 Å². The van der Waals surface area contributed by atoms with Crippen LogP contribution >= 0.6 is 0 Å². The van der Waals surface area contributed by atoms with E-state index in [0.29, 0.717) is 11.5 Å². The maximum atomic E-state index is 12.8. The molecular weight excluding hydrogens is 390 g/mol. The van der Waals surface area contributed by atoms with Crippen molar-refractivity contribution >= 4 is 11.6 Å². The maximum Gasteiger partial charge on any atom is 0.352 e. The first-order chi connectivity index (χ1) is 15.0. The van der Waals surface area contributed by atoms with Crippen molar-refractivity contribution in [2.45, 2.75) is 39.3 Å². The molecule has 2 aromatic carbocycles. The number of aryl methyl sites for hydroxylation is 2. The van der Waals surface area contributed by atoms with Crippen LogP contribution in [0.2, 0.25) is 0 Å². The molecule has 2 aromatic heterocycles. The quantitative estimate of drug-likeness (QED) is 0.503. The summed E-state index contributed by atoms with van der Waals surface area (Å²) in [5, 5.41) is 7.32. The lowest BCUT2D eigenvalue weighted by atomic mass is 10.1. The molecule has 1 atom stereocenters. The Kier molecular flexibility index (Phi) is 5.93. The van der Waals surface area contributed by atoms with Crippen molar-refractivity contribution in [3.63, 3.8) is 0 Å². The van der Waals surface area contributed by atoms with Gasteiger partial charge in [-0.1, -0.05) is 60.7 Å². The third-order valence-corrected chi connectivity index (χ3v) is 5.22. The summed E-state index contributed by atoms with van der Waals surface area (Å²) in [6.07, 6.45) is 1.70. The molecule has 7 heteroatoms. The fourth-order valence-electron chi connectivity index (χ4n) is 3.62. The largest absolute Gasteiger partial charge is 0.352 e. The van der Waals surface area contributed by atoms with Gasteiger partial charge in [-0.15, -0.1) is 5.10 Å². The molecule has 0 bridgehead atoms. The molecule has 0 saturated heterocycles. The van der Waals surface area contributed by atoms with Gasteiger partial charge >= 0.3 is 5.69 Å². The van der Waals surface area contributed by atoms with Crippen molar-refractivity contribution in [2.75, 3.05) is 0 Å². The second kappa shape index (κ2) is 8.95. The number of amides is 1. The molecule has 2 heterocycles. The van der Waals surface area contributed by atoms with Crippen LogP contribution in [0.15, 0.2) is 71.5 Å². The Morgan fingerprint density at radius 1 is 1.06 bits per heavy atom. The molecule has 0 fully saturated rings. The first-order valence-electron chi connectivity index (χ1n) is 10.4. The Balaban J connectivity index is 1.46. The van der Waals surface area contributed by atoms with Crippen LogP contribution in [0.1, 0.15) is 24.7 Å². The highest BCUT2D eigenvalue weighted by Crippen LogP contribution is 2.18. The minimum absolute atomic E-state index is 0.00599. The van der Waals surface area contributed by atoms with Gasteiger partial charge in [-0.05, 0) is 32.3 Å². The van der Waals surface area contributed by atoms with E-state index < -0.39 is 0 Å².